The van der Waals surface area contributed by atoms with Gasteiger partial charge in [0.2, 0.25) is 5.82 Å². The Morgan fingerprint density at radius 3 is 1.28 bits per heavy atom. The molecule has 0 fully saturated rings. The van der Waals surface area contributed by atoms with Crippen molar-refractivity contribution in [2.24, 2.45) is 0 Å². The van der Waals surface area contributed by atoms with Gasteiger partial charge in [0.05, 0.1) is 11.4 Å². The summed E-state index contributed by atoms with van der Waals surface area (Å²) in [6.45, 7) is 46.6. The fraction of sp³-hybridized carbons (Fsp3) is 0.397. The van der Waals surface area contributed by atoms with Gasteiger partial charge in [-0.1, -0.05) is 187 Å². The zero-order valence-corrected chi connectivity index (χ0v) is 53.8. The van der Waals surface area contributed by atoms with E-state index in [2.05, 4.69) is 244 Å². The van der Waals surface area contributed by atoms with E-state index in [1.54, 1.807) is 30.9 Å². The summed E-state index contributed by atoms with van der Waals surface area (Å²) in [6, 6.07) is 23.3. The number of nitrogens with zero attached hydrogens (tertiary/aromatic N) is 10. The molecule has 0 aromatic carbocycles. The van der Waals surface area contributed by atoms with Crippen LogP contribution in [0, 0.1) is 81.0 Å². The molecule has 10 heteroatoms. The minimum absolute atomic E-state index is 0.0349. The Balaban J connectivity index is 0.000000484. The SMILES string of the molecule is C#Cc1cc(C(C)(C)C)ccn1.C#Cc1cc(C(C)(C)C)ncn1.C#Cc1cccc(C(C)(C)C)n1.C#Cc1ccnc(C(C)(C)C)n1.C#Cc1nccc(C(C)(C)C)n1.C#Cc1ncccc1C(C)(C)C.Cc1ncccc1C(C)(C)C. The Morgan fingerprint density at radius 1 is 0.325 bits per heavy atom. The smallest absolute Gasteiger partial charge is 0.204 e. The molecule has 0 aliphatic rings. The molecule has 0 spiro atoms. The number of aromatic nitrogens is 10. The van der Waals surface area contributed by atoms with Crippen molar-refractivity contribution in [3.63, 3.8) is 0 Å². The largest absolute Gasteiger partial charge is 0.261 e. The molecule has 83 heavy (non-hydrogen) atoms. The molecule has 0 saturated heterocycles. The van der Waals surface area contributed by atoms with Crippen molar-refractivity contribution in [1.82, 2.24) is 49.8 Å². The maximum atomic E-state index is 5.33. The van der Waals surface area contributed by atoms with Gasteiger partial charge in [0.25, 0.3) is 0 Å². The van der Waals surface area contributed by atoms with Gasteiger partial charge in [0, 0.05) is 64.0 Å². The fourth-order valence-corrected chi connectivity index (χ4v) is 6.80. The lowest BCUT2D eigenvalue weighted by Crippen LogP contribution is -2.16. The molecule has 0 N–H and O–H groups in total. The second-order valence-corrected chi connectivity index (χ2v) is 26.3. The van der Waals surface area contributed by atoms with Crippen LogP contribution in [-0.4, -0.2) is 49.8 Å². The molecule has 0 aliphatic heterocycles. The Bertz CT molecular complexity index is 3030. The predicted octanol–water partition coefficient (Wildman–Crippen LogP) is 15.0. The van der Waals surface area contributed by atoms with Gasteiger partial charge in [0.1, 0.15) is 40.6 Å². The standard InChI is InChI=1S/3C11H13N.3C10H12N2.C10H15N/c1-5-10-8-9(6-7-12-10)11(2,3)4;1-5-10-9(11(2,3)4)7-6-8-12-10;1-5-9-7-6-8-10(12-9)11(2,3)4;1-5-8-6-9(10(2,3)4)12-7-11-8;1-5-9-11-7-6-8(12-9)10(2,3)4;1-5-8-6-7-11-9(12-8)10(2,3)4;1-8-9(10(2,3)4)6-5-7-11-8/h3*1,6-8H,2-4H3;3*1,6-7H,2-4H3;5-7H,1-4H3. The van der Waals surface area contributed by atoms with Gasteiger partial charge in [-0.05, 0) is 106 Å². The fourth-order valence-electron chi connectivity index (χ4n) is 6.80. The molecule has 7 aromatic rings. The van der Waals surface area contributed by atoms with Crippen LogP contribution in [-0.2, 0) is 37.9 Å². The molecular weight excluding hydrogens is 1020 g/mol. The zero-order chi connectivity index (χ0) is 63.6. The summed E-state index contributed by atoms with van der Waals surface area (Å²) in [5.41, 5.74) is 11.9. The summed E-state index contributed by atoms with van der Waals surface area (Å²) in [5.74, 6) is 16.3. The molecular formula is C73H90N10. The lowest BCUT2D eigenvalue weighted by atomic mass is 9.86. The van der Waals surface area contributed by atoms with Crippen LogP contribution in [0.1, 0.15) is 225 Å². The topological polar surface area (TPSA) is 129 Å². The van der Waals surface area contributed by atoms with Crippen LogP contribution in [0.4, 0.5) is 0 Å². The molecule has 7 heterocycles. The molecule has 0 radical (unpaired) electrons. The Hall–Kier alpha value is -8.80. The summed E-state index contributed by atoms with van der Waals surface area (Å²) in [7, 11) is 0. The minimum Gasteiger partial charge on any atom is -0.261 e. The number of hydrogen-bond acceptors (Lipinski definition) is 10. The van der Waals surface area contributed by atoms with Crippen LogP contribution >= 0.6 is 0 Å². The van der Waals surface area contributed by atoms with Gasteiger partial charge in [-0.3, -0.25) is 4.98 Å². The van der Waals surface area contributed by atoms with Crippen molar-refractivity contribution in [2.45, 2.75) is 190 Å². The van der Waals surface area contributed by atoms with Crippen LogP contribution in [0.2, 0.25) is 0 Å². The molecule has 432 valence electrons. The van der Waals surface area contributed by atoms with Crippen LogP contribution < -0.4 is 0 Å². The maximum absolute atomic E-state index is 5.33. The molecule has 7 rings (SSSR count). The molecule has 0 amide bonds. The number of rotatable bonds is 0. The average molecular weight is 1110 g/mol. The predicted molar refractivity (Wildman–Crippen MR) is 346 cm³/mol. The maximum Gasteiger partial charge on any atom is 0.204 e. The number of terminal acetylenes is 6. The molecule has 7 aromatic heterocycles. The number of aryl methyl sites for hydroxylation is 1. The van der Waals surface area contributed by atoms with Crippen molar-refractivity contribution in [3.05, 3.63) is 190 Å². The summed E-state index contributed by atoms with van der Waals surface area (Å²) in [4.78, 5) is 41.3. The first kappa shape index (κ1) is 72.2. The lowest BCUT2D eigenvalue weighted by Gasteiger charge is -2.20. The molecule has 0 bridgehead atoms. The van der Waals surface area contributed by atoms with E-state index in [0.717, 1.165) is 39.9 Å². The highest BCUT2D eigenvalue weighted by Gasteiger charge is 2.20. The Morgan fingerprint density at radius 2 is 0.819 bits per heavy atom. The van der Waals surface area contributed by atoms with Gasteiger partial charge in [0.15, 0.2) is 0 Å². The van der Waals surface area contributed by atoms with Gasteiger partial charge in [-0.25, -0.2) is 44.9 Å². The number of hydrogen-bond donors (Lipinski definition) is 0. The summed E-state index contributed by atoms with van der Waals surface area (Å²) >= 11 is 0. The van der Waals surface area contributed by atoms with Crippen LogP contribution in [0.3, 0.4) is 0 Å². The third-order valence-electron chi connectivity index (χ3n) is 11.6. The van der Waals surface area contributed by atoms with Crippen molar-refractivity contribution in [1.29, 1.82) is 0 Å². The summed E-state index contributed by atoms with van der Waals surface area (Å²) in [5, 5.41) is 0. The highest BCUT2D eigenvalue weighted by atomic mass is 14.9. The Kier molecular flexibility index (Phi) is 27.8. The van der Waals surface area contributed by atoms with E-state index in [9.17, 15) is 0 Å². The third kappa shape index (κ3) is 27.0. The second kappa shape index (κ2) is 32.0. The monoisotopic (exact) mass is 1110 g/mol. The van der Waals surface area contributed by atoms with E-state index in [0.29, 0.717) is 28.6 Å². The van der Waals surface area contributed by atoms with E-state index in [-0.39, 0.29) is 37.9 Å². The van der Waals surface area contributed by atoms with Crippen molar-refractivity contribution in [2.75, 3.05) is 0 Å². The molecule has 10 nitrogen and oxygen atoms in total. The summed E-state index contributed by atoms with van der Waals surface area (Å²) in [6.07, 6.45) is 41.7. The lowest BCUT2D eigenvalue weighted by molar-refractivity contribution is 0.544. The molecule has 0 aliphatic carbocycles. The highest BCUT2D eigenvalue weighted by Crippen LogP contribution is 2.26. The van der Waals surface area contributed by atoms with E-state index in [4.69, 9.17) is 38.5 Å². The third-order valence-corrected chi connectivity index (χ3v) is 11.6. The van der Waals surface area contributed by atoms with Crippen molar-refractivity contribution < 1.29 is 0 Å². The van der Waals surface area contributed by atoms with E-state index in [1.807, 2.05) is 66.9 Å². The van der Waals surface area contributed by atoms with Crippen molar-refractivity contribution in [3.8, 4) is 74.1 Å². The molecule has 0 atom stereocenters. The molecule has 0 unspecified atom stereocenters. The van der Waals surface area contributed by atoms with E-state index >= 15 is 0 Å². The van der Waals surface area contributed by atoms with E-state index in [1.165, 1.54) is 17.5 Å². The highest BCUT2D eigenvalue weighted by molar-refractivity contribution is 5.38. The molecule has 0 saturated carbocycles. The van der Waals surface area contributed by atoms with Crippen LogP contribution in [0.25, 0.3) is 0 Å². The Labute approximate surface area is 501 Å². The van der Waals surface area contributed by atoms with Crippen LogP contribution in [0.5, 0.6) is 0 Å². The van der Waals surface area contributed by atoms with E-state index < -0.39 is 0 Å². The first-order valence-corrected chi connectivity index (χ1v) is 27.4. The van der Waals surface area contributed by atoms with Gasteiger partial charge >= 0.3 is 0 Å². The quantitative estimate of drug-likeness (QED) is 0.135. The normalized spacial score (nSPS) is 10.9. The zero-order valence-electron chi connectivity index (χ0n) is 53.8. The summed E-state index contributed by atoms with van der Waals surface area (Å²) < 4.78 is 0. The van der Waals surface area contributed by atoms with Gasteiger partial charge in [-0.15, -0.1) is 38.5 Å². The first-order chi connectivity index (χ1) is 38.3. The first-order valence-electron chi connectivity index (χ1n) is 27.4. The minimum atomic E-state index is -0.0349. The number of pyridine rings is 4. The van der Waals surface area contributed by atoms with Crippen molar-refractivity contribution >= 4 is 0 Å². The van der Waals surface area contributed by atoms with Gasteiger partial charge in [-0.2, -0.15) is 0 Å². The second-order valence-electron chi connectivity index (χ2n) is 26.3. The van der Waals surface area contributed by atoms with Gasteiger partial charge < -0.3 is 0 Å². The average Bonchev–Trinajstić information content (AvgIpc) is 3.58. The van der Waals surface area contributed by atoms with Crippen LogP contribution in [0.15, 0.2) is 110 Å².